The van der Waals surface area contributed by atoms with Gasteiger partial charge in [0.25, 0.3) is 0 Å². The van der Waals surface area contributed by atoms with E-state index in [2.05, 4.69) is 0 Å². The fourth-order valence-electron chi connectivity index (χ4n) is 1.91. The zero-order valence-electron chi connectivity index (χ0n) is 10.2. The summed E-state index contributed by atoms with van der Waals surface area (Å²) in [5.41, 5.74) is 14.2. The quantitative estimate of drug-likeness (QED) is 0.729. The van der Waals surface area contributed by atoms with Crippen molar-refractivity contribution in [2.24, 2.45) is 5.14 Å². The van der Waals surface area contributed by atoms with Crippen molar-refractivity contribution in [3.8, 4) is 0 Å². The van der Waals surface area contributed by atoms with Crippen LogP contribution in [0.1, 0.15) is 11.1 Å². The maximum atomic E-state index is 11.2. The van der Waals surface area contributed by atoms with Gasteiger partial charge in [0.15, 0.2) is 0 Å². The van der Waals surface area contributed by atoms with Gasteiger partial charge in [0.1, 0.15) is 4.90 Å². The first-order valence-corrected chi connectivity index (χ1v) is 7.16. The lowest BCUT2D eigenvalue weighted by Crippen LogP contribution is -2.14. The Balaban J connectivity index is 2.31. The van der Waals surface area contributed by atoms with Crippen LogP contribution in [0, 0.1) is 0 Å². The maximum Gasteiger partial charge on any atom is 0.240 e. The highest BCUT2D eigenvalue weighted by atomic mass is 32.2. The molecule has 0 spiro atoms. The Bertz CT molecular complexity index is 712. The predicted molar refractivity (Wildman–Crippen MR) is 75.9 cm³/mol. The van der Waals surface area contributed by atoms with E-state index in [0.717, 1.165) is 11.1 Å². The standard InChI is InChI=1S/C13H15N3O2S/c14-11-3-1-2-9(7-11)6-10-4-5-13(12(15)8-10)19(16,17)18/h1-5,7-8H,6,14-15H2,(H2,16,17,18). The van der Waals surface area contributed by atoms with Crippen LogP contribution in [-0.4, -0.2) is 8.42 Å². The van der Waals surface area contributed by atoms with Crippen LogP contribution >= 0.6 is 0 Å². The lowest BCUT2D eigenvalue weighted by Gasteiger charge is -2.07. The molecule has 100 valence electrons. The molecule has 0 atom stereocenters. The number of nitrogens with two attached hydrogens (primary N) is 3. The van der Waals surface area contributed by atoms with Crippen molar-refractivity contribution in [1.29, 1.82) is 0 Å². The van der Waals surface area contributed by atoms with Gasteiger partial charge >= 0.3 is 0 Å². The van der Waals surface area contributed by atoms with Crippen molar-refractivity contribution in [3.05, 3.63) is 53.6 Å². The Morgan fingerprint density at radius 3 is 2.21 bits per heavy atom. The molecule has 2 aromatic rings. The molecule has 6 heteroatoms. The molecule has 0 radical (unpaired) electrons. The Labute approximate surface area is 112 Å². The highest BCUT2D eigenvalue weighted by molar-refractivity contribution is 7.89. The molecule has 0 unspecified atom stereocenters. The van der Waals surface area contributed by atoms with E-state index in [1.165, 1.54) is 6.07 Å². The van der Waals surface area contributed by atoms with Crippen molar-refractivity contribution in [3.63, 3.8) is 0 Å². The summed E-state index contributed by atoms with van der Waals surface area (Å²) in [5, 5.41) is 5.06. The van der Waals surface area contributed by atoms with E-state index in [1.54, 1.807) is 12.1 Å². The molecule has 0 amide bonds. The summed E-state index contributed by atoms with van der Waals surface area (Å²) >= 11 is 0. The van der Waals surface area contributed by atoms with Gasteiger partial charge in [-0.3, -0.25) is 0 Å². The maximum absolute atomic E-state index is 11.2. The van der Waals surface area contributed by atoms with Crippen molar-refractivity contribution in [1.82, 2.24) is 0 Å². The van der Waals surface area contributed by atoms with Gasteiger partial charge in [-0.25, -0.2) is 13.6 Å². The lowest BCUT2D eigenvalue weighted by molar-refractivity contribution is 0.598. The summed E-state index contributed by atoms with van der Waals surface area (Å²) in [7, 11) is -3.77. The summed E-state index contributed by atoms with van der Waals surface area (Å²) in [5.74, 6) is 0. The van der Waals surface area contributed by atoms with Crippen LogP contribution in [-0.2, 0) is 16.4 Å². The normalized spacial score (nSPS) is 11.4. The van der Waals surface area contributed by atoms with Crippen LogP contribution < -0.4 is 16.6 Å². The Hall–Kier alpha value is -2.05. The van der Waals surface area contributed by atoms with E-state index in [1.807, 2.05) is 24.3 Å². The first-order valence-electron chi connectivity index (χ1n) is 5.62. The third kappa shape index (κ3) is 3.24. The smallest absolute Gasteiger partial charge is 0.240 e. The second-order valence-corrected chi connectivity index (χ2v) is 5.87. The summed E-state index contributed by atoms with van der Waals surface area (Å²) in [6.45, 7) is 0. The highest BCUT2D eigenvalue weighted by Gasteiger charge is 2.12. The summed E-state index contributed by atoms with van der Waals surface area (Å²) in [6.07, 6.45) is 0.625. The Morgan fingerprint density at radius 2 is 1.63 bits per heavy atom. The summed E-state index contributed by atoms with van der Waals surface area (Å²) in [6, 6.07) is 12.2. The Morgan fingerprint density at radius 1 is 0.947 bits per heavy atom. The number of benzene rings is 2. The molecule has 0 saturated carbocycles. The van der Waals surface area contributed by atoms with Crippen molar-refractivity contribution in [2.45, 2.75) is 11.3 Å². The molecule has 2 rings (SSSR count). The van der Waals surface area contributed by atoms with E-state index in [4.69, 9.17) is 16.6 Å². The number of hydrogen-bond acceptors (Lipinski definition) is 4. The first kappa shape index (κ1) is 13.4. The summed E-state index contributed by atoms with van der Waals surface area (Å²) < 4.78 is 22.5. The van der Waals surface area contributed by atoms with Gasteiger partial charge in [0.05, 0.1) is 5.69 Å². The van der Waals surface area contributed by atoms with Gasteiger partial charge in [-0.05, 0) is 41.8 Å². The first-order chi connectivity index (χ1) is 8.86. The molecular formula is C13H15N3O2S. The molecule has 0 aromatic heterocycles. The van der Waals surface area contributed by atoms with Gasteiger partial charge in [0, 0.05) is 5.69 Å². The highest BCUT2D eigenvalue weighted by Crippen LogP contribution is 2.20. The molecule has 0 aliphatic rings. The van der Waals surface area contributed by atoms with Crippen molar-refractivity contribution >= 4 is 21.4 Å². The van der Waals surface area contributed by atoms with E-state index >= 15 is 0 Å². The Kier molecular flexibility index (Phi) is 3.46. The SMILES string of the molecule is Nc1cccc(Cc2ccc(S(N)(=O)=O)c(N)c2)c1. The molecule has 19 heavy (non-hydrogen) atoms. The van der Waals surface area contributed by atoms with Crippen LogP contribution in [0.25, 0.3) is 0 Å². The summed E-state index contributed by atoms with van der Waals surface area (Å²) in [4.78, 5) is -0.0520. The molecule has 0 bridgehead atoms. The minimum atomic E-state index is -3.77. The molecule has 2 aromatic carbocycles. The molecule has 0 saturated heterocycles. The average Bonchev–Trinajstić information content (AvgIpc) is 2.27. The van der Waals surface area contributed by atoms with Gasteiger partial charge in [-0.15, -0.1) is 0 Å². The fourth-order valence-corrected chi connectivity index (χ4v) is 2.55. The minimum Gasteiger partial charge on any atom is -0.399 e. The predicted octanol–water partition coefficient (Wildman–Crippen LogP) is 1.09. The van der Waals surface area contributed by atoms with Gasteiger partial charge in [-0.1, -0.05) is 18.2 Å². The zero-order valence-corrected chi connectivity index (χ0v) is 11.0. The van der Waals surface area contributed by atoms with Gasteiger partial charge in [-0.2, -0.15) is 0 Å². The number of anilines is 2. The van der Waals surface area contributed by atoms with E-state index < -0.39 is 10.0 Å². The second kappa shape index (κ2) is 4.91. The second-order valence-electron chi connectivity index (χ2n) is 4.34. The zero-order chi connectivity index (χ0) is 14.0. The van der Waals surface area contributed by atoms with E-state index in [0.29, 0.717) is 12.1 Å². The molecule has 6 N–H and O–H groups in total. The minimum absolute atomic E-state index is 0.0520. The number of rotatable bonds is 3. The van der Waals surface area contributed by atoms with Crippen LogP contribution in [0.2, 0.25) is 0 Å². The fraction of sp³-hybridized carbons (Fsp3) is 0.0769. The third-order valence-electron chi connectivity index (χ3n) is 2.74. The van der Waals surface area contributed by atoms with Crippen LogP contribution in [0.5, 0.6) is 0 Å². The topological polar surface area (TPSA) is 112 Å². The molecule has 0 fully saturated rings. The van der Waals surface area contributed by atoms with Gasteiger partial charge in [0.2, 0.25) is 10.0 Å². The van der Waals surface area contributed by atoms with E-state index in [9.17, 15) is 8.42 Å². The number of sulfonamides is 1. The number of primary sulfonamides is 1. The molecule has 0 heterocycles. The largest absolute Gasteiger partial charge is 0.399 e. The number of hydrogen-bond donors (Lipinski definition) is 3. The number of nitrogen functional groups attached to an aromatic ring is 2. The average molecular weight is 277 g/mol. The van der Waals surface area contributed by atoms with Crippen molar-refractivity contribution < 1.29 is 8.42 Å². The van der Waals surface area contributed by atoms with Crippen LogP contribution in [0.15, 0.2) is 47.4 Å². The lowest BCUT2D eigenvalue weighted by atomic mass is 10.0. The molecule has 0 aliphatic carbocycles. The third-order valence-corrected chi connectivity index (χ3v) is 3.72. The van der Waals surface area contributed by atoms with Crippen LogP contribution in [0.3, 0.4) is 0 Å². The van der Waals surface area contributed by atoms with Crippen molar-refractivity contribution in [2.75, 3.05) is 11.5 Å². The molecular weight excluding hydrogens is 262 g/mol. The monoisotopic (exact) mass is 277 g/mol. The van der Waals surface area contributed by atoms with Gasteiger partial charge < -0.3 is 11.5 Å². The molecule has 0 aliphatic heterocycles. The molecule has 5 nitrogen and oxygen atoms in total. The van der Waals surface area contributed by atoms with Crippen LogP contribution in [0.4, 0.5) is 11.4 Å². The van der Waals surface area contributed by atoms with E-state index in [-0.39, 0.29) is 10.6 Å².